The number of hydrogen-bond acceptors (Lipinski definition) is 6. The molecule has 1 aliphatic heterocycles. The maximum Gasteiger partial charge on any atom is 0.188 e. The molecule has 0 saturated carbocycles. The summed E-state index contributed by atoms with van der Waals surface area (Å²) in [6.07, 6.45) is 0.0307. The van der Waals surface area contributed by atoms with E-state index in [9.17, 15) is 4.39 Å². The average molecular weight is 381 g/mol. The summed E-state index contributed by atoms with van der Waals surface area (Å²) >= 11 is 1.69. The van der Waals surface area contributed by atoms with Gasteiger partial charge < -0.3 is 9.64 Å². The first-order valence-corrected chi connectivity index (χ1v) is 9.55. The van der Waals surface area contributed by atoms with Crippen LogP contribution in [0.2, 0.25) is 0 Å². The molecule has 5 rings (SSSR count). The molecule has 4 aromatic rings. The van der Waals surface area contributed by atoms with E-state index in [4.69, 9.17) is 9.84 Å². The number of hydrogen-bond donors (Lipinski definition) is 0. The molecular formula is C19H16FN5OS. The molecule has 0 N–H and O–H groups in total. The van der Waals surface area contributed by atoms with Crippen LogP contribution in [0.3, 0.4) is 0 Å². The Morgan fingerprint density at radius 1 is 1.07 bits per heavy atom. The van der Waals surface area contributed by atoms with E-state index in [1.165, 1.54) is 10.9 Å². The van der Waals surface area contributed by atoms with Gasteiger partial charge in [0.05, 0.1) is 18.7 Å². The fourth-order valence-electron chi connectivity index (χ4n) is 3.26. The summed E-state index contributed by atoms with van der Waals surface area (Å²) in [7, 11) is 0. The Labute approximate surface area is 158 Å². The van der Waals surface area contributed by atoms with E-state index in [1.54, 1.807) is 34.1 Å². The Morgan fingerprint density at radius 3 is 2.85 bits per heavy atom. The predicted octanol–water partition coefficient (Wildman–Crippen LogP) is 3.57. The van der Waals surface area contributed by atoms with Crippen molar-refractivity contribution in [3.8, 4) is 11.4 Å². The summed E-state index contributed by atoms with van der Waals surface area (Å²) < 4.78 is 21.7. The molecule has 6 nitrogen and oxygen atoms in total. The highest BCUT2D eigenvalue weighted by Crippen LogP contribution is 2.28. The Balaban J connectivity index is 1.51. The van der Waals surface area contributed by atoms with Gasteiger partial charge in [-0.15, -0.1) is 26.6 Å². The molecule has 1 atom stereocenters. The summed E-state index contributed by atoms with van der Waals surface area (Å²) in [6, 6.07) is 14.4. The van der Waals surface area contributed by atoms with Crippen LogP contribution in [0, 0.1) is 5.82 Å². The zero-order chi connectivity index (χ0) is 18.2. The second-order valence-corrected chi connectivity index (χ2v) is 7.27. The zero-order valence-corrected chi connectivity index (χ0v) is 15.1. The van der Waals surface area contributed by atoms with Gasteiger partial charge in [0.1, 0.15) is 17.7 Å². The first-order valence-electron chi connectivity index (χ1n) is 8.67. The molecule has 8 heteroatoms. The summed E-state index contributed by atoms with van der Waals surface area (Å²) in [5.41, 5.74) is 0.966. The quantitative estimate of drug-likeness (QED) is 0.543. The second kappa shape index (κ2) is 6.71. The van der Waals surface area contributed by atoms with Crippen molar-refractivity contribution in [2.45, 2.75) is 6.10 Å². The number of aromatic nitrogens is 4. The van der Waals surface area contributed by atoms with Gasteiger partial charge in [-0.25, -0.2) is 4.39 Å². The molecule has 0 amide bonds. The normalized spacial score (nSPS) is 17.5. The van der Waals surface area contributed by atoms with Crippen molar-refractivity contribution in [3.05, 3.63) is 64.6 Å². The van der Waals surface area contributed by atoms with E-state index in [0.29, 0.717) is 23.6 Å². The maximum absolute atomic E-state index is 14.2. The van der Waals surface area contributed by atoms with Crippen LogP contribution < -0.4 is 4.90 Å². The lowest BCUT2D eigenvalue weighted by molar-refractivity contribution is 0.0418. The Morgan fingerprint density at radius 2 is 2.00 bits per heavy atom. The van der Waals surface area contributed by atoms with Gasteiger partial charge in [0.25, 0.3) is 0 Å². The van der Waals surface area contributed by atoms with Crippen LogP contribution >= 0.6 is 11.3 Å². The van der Waals surface area contributed by atoms with Gasteiger partial charge in [-0.3, -0.25) is 0 Å². The highest BCUT2D eigenvalue weighted by molar-refractivity contribution is 7.10. The SMILES string of the molecule is Fc1ccccc1-c1nnc2ccc(N3CCOC(c4cccs4)C3)nn12. The molecule has 27 heavy (non-hydrogen) atoms. The largest absolute Gasteiger partial charge is 0.369 e. The number of morpholine rings is 1. The van der Waals surface area contributed by atoms with E-state index in [1.807, 2.05) is 18.2 Å². The third kappa shape index (κ3) is 2.96. The number of halogens is 1. The van der Waals surface area contributed by atoms with Crippen molar-refractivity contribution in [3.63, 3.8) is 0 Å². The second-order valence-electron chi connectivity index (χ2n) is 6.29. The molecule has 1 saturated heterocycles. The van der Waals surface area contributed by atoms with Gasteiger partial charge in [0, 0.05) is 11.4 Å². The van der Waals surface area contributed by atoms with Gasteiger partial charge in [-0.2, -0.15) is 4.52 Å². The molecule has 0 spiro atoms. The smallest absolute Gasteiger partial charge is 0.188 e. The number of rotatable bonds is 3. The van der Waals surface area contributed by atoms with Crippen LogP contribution in [0.5, 0.6) is 0 Å². The third-order valence-electron chi connectivity index (χ3n) is 4.61. The summed E-state index contributed by atoms with van der Waals surface area (Å²) in [4.78, 5) is 3.38. The van der Waals surface area contributed by atoms with Crippen LogP contribution in [0.1, 0.15) is 11.0 Å². The zero-order valence-electron chi connectivity index (χ0n) is 14.3. The summed E-state index contributed by atoms with van der Waals surface area (Å²) in [6.45, 7) is 2.10. The van der Waals surface area contributed by atoms with Crippen molar-refractivity contribution in [1.82, 2.24) is 19.8 Å². The minimum atomic E-state index is -0.344. The highest BCUT2D eigenvalue weighted by atomic mass is 32.1. The monoisotopic (exact) mass is 381 g/mol. The summed E-state index contributed by atoms with van der Waals surface area (Å²) in [5.74, 6) is 0.848. The van der Waals surface area contributed by atoms with Crippen LogP contribution in [0.4, 0.5) is 10.2 Å². The van der Waals surface area contributed by atoms with Crippen LogP contribution in [0.15, 0.2) is 53.9 Å². The van der Waals surface area contributed by atoms with E-state index in [-0.39, 0.29) is 11.9 Å². The fourth-order valence-corrected chi connectivity index (χ4v) is 4.03. The van der Waals surface area contributed by atoms with Crippen LogP contribution in [-0.2, 0) is 4.74 Å². The van der Waals surface area contributed by atoms with E-state index < -0.39 is 0 Å². The van der Waals surface area contributed by atoms with Crippen molar-refractivity contribution in [1.29, 1.82) is 0 Å². The van der Waals surface area contributed by atoms with Gasteiger partial charge in [-0.1, -0.05) is 18.2 Å². The maximum atomic E-state index is 14.2. The lowest BCUT2D eigenvalue weighted by Gasteiger charge is -2.33. The molecule has 0 aliphatic carbocycles. The Kier molecular flexibility index (Phi) is 4.06. The lowest BCUT2D eigenvalue weighted by atomic mass is 10.2. The Bertz CT molecular complexity index is 1080. The molecule has 1 aliphatic rings. The van der Waals surface area contributed by atoms with Crippen molar-refractivity contribution >= 4 is 22.8 Å². The molecule has 1 unspecified atom stereocenters. The minimum absolute atomic E-state index is 0.0307. The predicted molar refractivity (Wildman–Crippen MR) is 101 cm³/mol. The third-order valence-corrected chi connectivity index (χ3v) is 5.58. The van der Waals surface area contributed by atoms with E-state index >= 15 is 0 Å². The van der Waals surface area contributed by atoms with Gasteiger partial charge in [0.2, 0.25) is 0 Å². The molecule has 4 heterocycles. The lowest BCUT2D eigenvalue weighted by Crippen LogP contribution is -2.38. The number of fused-ring (bicyclic) bond motifs is 1. The topological polar surface area (TPSA) is 55.5 Å². The molecule has 0 radical (unpaired) electrons. The van der Waals surface area contributed by atoms with E-state index in [0.717, 1.165) is 18.9 Å². The average Bonchev–Trinajstić information content (AvgIpc) is 3.38. The number of benzene rings is 1. The Hall–Kier alpha value is -2.84. The standard InChI is InChI=1S/C19H16FN5OS/c20-14-5-2-1-4-13(14)19-22-21-17-7-8-18(23-25(17)19)24-9-10-26-15(12-24)16-6-3-11-27-16/h1-8,11,15H,9-10,12H2. The molecule has 0 bridgehead atoms. The minimum Gasteiger partial charge on any atom is -0.369 e. The van der Waals surface area contributed by atoms with Gasteiger partial charge >= 0.3 is 0 Å². The van der Waals surface area contributed by atoms with Crippen molar-refractivity contribution < 1.29 is 9.13 Å². The highest BCUT2D eigenvalue weighted by Gasteiger charge is 2.24. The van der Waals surface area contributed by atoms with Crippen molar-refractivity contribution in [2.75, 3.05) is 24.6 Å². The molecular weight excluding hydrogens is 365 g/mol. The van der Waals surface area contributed by atoms with Crippen LogP contribution in [-0.4, -0.2) is 39.5 Å². The van der Waals surface area contributed by atoms with Gasteiger partial charge in [-0.05, 0) is 35.7 Å². The molecule has 3 aromatic heterocycles. The molecule has 136 valence electrons. The number of anilines is 1. The first kappa shape index (κ1) is 16.3. The van der Waals surface area contributed by atoms with Crippen molar-refractivity contribution in [2.24, 2.45) is 0 Å². The number of nitrogens with zero attached hydrogens (tertiary/aromatic N) is 5. The number of ether oxygens (including phenoxy) is 1. The first-order chi connectivity index (χ1) is 13.3. The fraction of sp³-hybridized carbons (Fsp3) is 0.211. The molecule has 1 fully saturated rings. The van der Waals surface area contributed by atoms with Gasteiger partial charge in [0.15, 0.2) is 11.5 Å². The summed E-state index contributed by atoms with van der Waals surface area (Å²) in [5, 5.41) is 15.0. The van der Waals surface area contributed by atoms with Crippen LogP contribution in [0.25, 0.3) is 17.0 Å². The number of thiophene rings is 1. The molecule has 1 aromatic carbocycles. The van der Waals surface area contributed by atoms with E-state index in [2.05, 4.69) is 26.5 Å².